The lowest BCUT2D eigenvalue weighted by Crippen LogP contribution is -2.21. The number of nitrogens with two attached hydrogens (primary N) is 1. The van der Waals surface area contributed by atoms with Crippen molar-refractivity contribution in [3.8, 4) is 0 Å². The van der Waals surface area contributed by atoms with Crippen LogP contribution in [-0.4, -0.2) is 22.4 Å². The summed E-state index contributed by atoms with van der Waals surface area (Å²) in [6, 6.07) is 1.32. The van der Waals surface area contributed by atoms with E-state index in [0.717, 1.165) is 0 Å². The minimum Gasteiger partial charge on any atom is -0.419 e. The first kappa shape index (κ1) is 13.7. The van der Waals surface area contributed by atoms with E-state index in [0.29, 0.717) is 0 Å². The van der Waals surface area contributed by atoms with Crippen LogP contribution in [-0.2, 0) is 4.43 Å². The van der Waals surface area contributed by atoms with Gasteiger partial charge in [0.1, 0.15) is 0 Å². The molecule has 0 saturated heterocycles. The predicted octanol–water partition coefficient (Wildman–Crippen LogP) is 1.29. The Morgan fingerprint density at radius 3 is 2.00 bits per heavy atom. The summed E-state index contributed by atoms with van der Waals surface area (Å²) in [4.78, 5) is 0. The highest BCUT2D eigenvalue weighted by Gasteiger charge is 2.07. The average Bonchev–Trinajstić information content (AvgIpc) is 1.90. The summed E-state index contributed by atoms with van der Waals surface area (Å²) in [7, 11) is 1.31. The Hall–Kier alpha value is 0.137. The molecule has 0 heterocycles. The molecule has 0 aromatic rings. The third-order valence-corrected chi connectivity index (χ3v) is 3.10. The van der Waals surface area contributed by atoms with Gasteiger partial charge < -0.3 is 10.2 Å². The van der Waals surface area contributed by atoms with Crippen LogP contribution >= 0.6 is 0 Å². The SMILES string of the molecule is CCC[SiH2]OC(C)(C)C.CN. The van der Waals surface area contributed by atoms with Gasteiger partial charge >= 0.3 is 0 Å². The van der Waals surface area contributed by atoms with Gasteiger partial charge in [-0.15, -0.1) is 0 Å². The fourth-order valence-corrected chi connectivity index (χ4v) is 1.57. The molecule has 11 heavy (non-hydrogen) atoms. The molecule has 0 aliphatic carbocycles. The molecule has 0 aromatic carbocycles. The first-order chi connectivity index (χ1) is 5.06. The fraction of sp³-hybridized carbons (Fsp3) is 1.00. The Kier molecular flexibility index (Phi) is 10.3. The van der Waals surface area contributed by atoms with Crippen molar-refractivity contribution in [2.24, 2.45) is 5.73 Å². The maximum absolute atomic E-state index is 5.61. The molecule has 0 aromatic heterocycles. The van der Waals surface area contributed by atoms with Gasteiger partial charge in [-0.3, -0.25) is 0 Å². The van der Waals surface area contributed by atoms with Gasteiger partial charge in [0.15, 0.2) is 9.76 Å². The molecule has 0 fully saturated rings. The molecular weight excluding hydrogens is 154 g/mol. The number of hydrogen-bond acceptors (Lipinski definition) is 2. The van der Waals surface area contributed by atoms with Crippen molar-refractivity contribution in [2.75, 3.05) is 7.05 Å². The number of hydrogen-bond donors (Lipinski definition) is 1. The van der Waals surface area contributed by atoms with Crippen LogP contribution in [0.1, 0.15) is 34.1 Å². The van der Waals surface area contributed by atoms with E-state index in [1.54, 1.807) is 0 Å². The first-order valence-electron chi connectivity index (χ1n) is 4.28. The van der Waals surface area contributed by atoms with Gasteiger partial charge in [-0.25, -0.2) is 0 Å². The molecule has 0 aliphatic rings. The summed E-state index contributed by atoms with van der Waals surface area (Å²) >= 11 is 0. The molecule has 0 aliphatic heterocycles. The second-order valence-electron chi connectivity index (χ2n) is 3.31. The molecule has 0 radical (unpaired) electrons. The lowest BCUT2D eigenvalue weighted by atomic mass is 10.2. The zero-order valence-electron chi connectivity index (χ0n) is 8.61. The van der Waals surface area contributed by atoms with Crippen molar-refractivity contribution in [1.82, 2.24) is 0 Å². The van der Waals surface area contributed by atoms with Gasteiger partial charge in [0.2, 0.25) is 0 Å². The lowest BCUT2D eigenvalue weighted by Gasteiger charge is -2.19. The molecule has 0 unspecified atom stereocenters. The van der Waals surface area contributed by atoms with Gasteiger partial charge in [0, 0.05) is 5.60 Å². The van der Waals surface area contributed by atoms with Gasteiger partial charge in [-0.2, -0.15) is 0 Å². The van der Waals surface area contributed by atoms with Crippen LogP contribution in [0.3, 0.4) is 0 Å². The van der Waals surface area contributed by atoms with E-state index in [1.165, 1.54) is 19.5 Å². The third kappa shape index (κ3) is 17.8. The van der Waals surface area contributed by atoms with E-state index >= 15 is 0 Å². The van der Waals surface area contributed by atoms with Gasteiger partial charge in [0.25, 0.3) is 0 Å². The molecule has 0 amide bonds. The minimum absolute atomic E-state index is 0.112. The van der Waals surface area contributed by atoms with Crippen molar-refractivity contribution < 1.29 is 4.43 Å². The molecule has 2 nitrogen and oxygen atoms in total. The predicted molar refractivity (Wildman–Crippen MR) is 54.6 cm³/mol. The van der Waals surface area contributed by atoms with E-state index in [2.05, 4.69) is 33.4 Å². The average molecular weight is 177 g/mol. The van der Waals surface area contributed by atoms with Crippen molar-refractivity contribution in [1.29, 1.82) is 0 Å². The van der Waals surface area contributed by atoms with Crippen LogP contribution < -0.4 is 5.73 Å². The highest BCUT2D eigenvalue weighted by atomic mass is 28.2. The van der Waals surface area contributed by atoms with E-state index in [9.17, 15) is 0 Å². The quantitative estimate of drug-likeness (QED) is 0.521. The topological polar surface area (TPSA) is 35.2 Å². The van der Waals surface area contributed by atoms with Crippen LogP contribution in [0.4, 0.5) is 0 Å². The minimum atomic E-state index is -0.193. The van der Waals surface area contributed by atoms with Crippen molar-refractivity contribution in [2.45, 2.75) is 45.8 Å². The van der Waals surface area contributed by atoms with Crippen molar-refractivity contribution in [3.63, 3.8) is 0 Å². The Morgan fingerprint density at radius 1 is 1.27 bits per heavy atom. The fourth-order valence-electron chi connectivity index (χ4n) is 0.523. The van der Waals surface area contributed by atoms with Crippen molar-refractivity contribution in [3.05, 3.63) is 0 Å². The highest BCUT2D eigenvalue weighted by Crippen LogP contribution is 2.05. The standard InChI is InChI=1S/C7H18OSi.CH5N/c1-5-6-9-8-7(2,3)4;1-2/h5-6,9H2,1-4H3;2H2,1H3. The summed E-state index contributed by atoms with van der Waals surface area (Å²) in [5.74, 6) is 0. The van der Waals surface area contributed by atoms with Crippen LogP contribution in [0.5, 0.6) is 0 Å². The van der Waals surface area contributed by atoms with Crippen LogP contribution in [0.2, 0.25) is 6.04 Å². The van der Waals surface area contributed by atoms with E-state index in [4.69, 9.17) is 4.43 Å². The van der Waals surface area contributed by atoms with Crippen LogP contribution in [0, 0.1) is 0 Å². The molecular formula is C8H23NOSi. The summed E-state index contributed by atoms with van der Waals surface area (Å²) in [6.07, 6.45) is 1.28. The Labute approximate surface area is 73.5 Å². The maximum atomic E-state index is 5.61. The molecule has 0 atom stereocenters. The smallest absolute Gasteiger partial charge is 0.162 e. The maximum Gasteiger partial charge on any atom is 0.162 e. The summed E-state index contributed by atoms with van der Waals surface area (Å²) < 4.78 is 5.61. The highest BCUT2D eigenvalue weighted by molar-refractivity contribution is 6.27. The molecule has 2 N–H and O–H groups in total. The van der Waals surface area contributed by atoms with Crippen LogP contribution in [0.25, 0.3) is 0 Å². The van der Waals surface area contributed by atoms with Gasteiger partial charge in [-0.05, 0) is 33.9 Å². The largest absolute Gasteiger partial charge is 0.419 e. The Balaban J connectivity index is 0. The Bertz CT molecular complexity index is 71.0. The van der Waals surface area contributed by atoms with E-state index in [1.807, 2.05) is 0 Å². The molecule has 70 valence electrons. The first-order valence-corrected chi connectivity index (χ1v) is 5.85. The monoisotopic (exact) mass is 177 g/mol. The molecule has 0 bridgehead atoms. The van der Waals surface area contributed by atoms with E-state index < -0.39 is 0 Å². The summed E-state index contributed by atoms with van der Waals surface area (Å²) in [5.41, 5.74) is 4.61. The normalized spacial score (nSPS) is 11.5. The van der Waals surface area contributed by atoms with Crippen molar-refractivity contribution >= 4 is 9.76 Å². The summed E-state index contributed by atoms with van der Waals surface area (Å²) in [5, 5.41) is 0. The zero-order valence-corrected chi connectivity index (χ0v) is 10.0. The molecule has 3 heteroatoms. The molecule has 0 saturated carbocycles. The summed E-state index contributed by atoms with van der Waals surface area (Å²) in [6.45, 7) is 8.57. The van der Waals surface area contributed by atoms with E-state index in [-0.39, 0.29) is 15.4 Å². The second kappa shape index (κ2) is 8.24. The zero-order chi connectivity index (χ0) is 9.33. The molecule has 0 rings (SSSR count). The van der Waals surface area contributed by atoms with Gasteiger partial charge in [0.05, 0.1) is 0 Å². The second-order valence-corrected chi connectivity index (χ2v) is 4.72. The molecule has 0 spiro atoms. The third-order valence-electron chi connectivity index (χ3n) is 1.03. The number of rotatable bonds is 3. The lowest BCUT2D eigenvalue weighted by molar-refractivity contribution is 0.138. The van der Waals surface area contributed by atoms with Crippen LogP contribution in [0.15, 0.2) is 0 Å². The van der Waals surface area contributed by atoms with Gasteiger partial charge in [-0.1, -0.05) is 13.3 Å². The Morgan fingerprint density at radius 2 is 1.73 bits per heavy atom.